The van der Waals surface area contributed by atoms with Gasteiger partial charge in [-0.1, -0.05) is 19.1 Å². The molecule has 1 rings (SSSR count). The Morgan fingerprint density at radius 1 is 1.70 bits per heavy atom. The first-order valence-corrected chi connectivity index (χ1v) is 3.50. The summed E-state index contributed by atoms with van der Waals surface area (Å²) >= 11 is 0. The lowest BCUT2D eigenvalue weighted by Crippen LogP contribution is -2.17. The zero-order valence-corrected chi connectivity index (χ0v) is 6.33. The number of hydrogen-bond donors (Lipinski definition) is 0. The maximum absolute atomic E-state index is 11.0. The highest BCUT2D eigenvalue weighted by Crippen LogP contribution is 2.25. The summed E-state index contributed by atoms with van der Waals surface area (Å²) in [6, 6.07) is 0. The van der Waals surface area contributed by atoms with E-state index in [4.69, 9.17) is 0 Å². The number of carbonyl (C=O) groups excluding carboxylic acids is 1. The minimum atomic E-state index is -0.110. The van der Waals surface area contributed by atoms with E-state index in [2.05, 4.69) is 11.7 Å². The molecule has 0 bridgehead atoms. The van der Waals surface area contributed by atoms with Gasteiger partial charge in [0.2, 0.25) is 0 Å². The highest BCUT2D eigenvalue weighted by molar-refractivity contribution is 5.75. The van der Waals surface area contributed by atoms with Gasteiger partial charge in [0, 0.05) is 0 Å². The third kappa shape index (κ3) is 1.20. The van der Waals surface area contributed by atoms with Crippen molar-refractivity contribution in [3.63, 3.8) is 0 Å². The Morgan fingerprint density at radius 2 is 2.40 bits per heavy atom. The molecule has 0 radical (unpaired) electrons. The van der Waals surface area contributed by atoms with Crippen LogP contribution in [0.4, 0.5) is 0 Å². The Hall–Kier alpha value is -0.790. The van der Waals surface area contributed by atoms with E-state index in [0.29, 0.717) is 5.92 Å². The topological polar surface area (TPSA) is 26.3 Å². The summed E-state index contributed by atoms with van der Waals surface area (Å²) in [6.45, 7) is 2.06. The lowest BCUT2D eigenvalue weighted by Gasteiger charge is -2.10. The van der Waals surface area contributed by atoms with E-state index < -0.39 is 0 Å². The predicted octanol–water partition coefficient (Wildman–Crippen LogP) is 1.37. The monoisotopic (exact) mass is 140 g/mol. The fourth-order valence-electron chi connectivity index (χ4n) is 1.22. The van der Waals surface area contributed by atoms with Gasteiger partial charge in [-0.25, -0.2) is 0 Å². The zero-order chi connectivity index (χ0) is 7.56. The molecule has 1 aliphatic rings. The zero-order valence-electron chi connectivity index (χ0n) is 6.33. The Bertz CT molecular complexity index is 161. The van der Waals surface area contributed by atoms with E-state index in [0.717, 1.165) is 6.42 Å². The van der Waals surface area contributed by atoms with Crippen molar-refractivity contribution < 1.29 is 9.53 Å². The first-order valence-electron chi connectivity index (χ1n) is 3.50. The summed E-state index contributed by atoms with van der Waals surface area (Å²) in [5.41, 5.74) is 0. The molecule has 0 aliphatic heterocycles. The smallest absolute Gasteiger partial charge is 0.312 e. The number of ether oxygens (including phenoxy) is 1. The van der Waals surface area contributed by atoms with Crippen LogP contribution in [0.15, 0.2) is 12.2 Å². The fraction of sp³-hybridized carbons (Fsp3) is 0.625. The lowest BCUT2D eigenvalue weighted by molar-refractivity contribution is -0.144. The molecule has 0 spiro atoms. The maximum atomic E-state index is 11.0. The van der Waals surface area contributed by atoms with E-state index in [-0.39, 0.29) is 11.9 Å². The van der Waals surface area contributed by atoms with Crippen molar-refractivity contribution in [3.8, 4) is 0 Å². The number of rotatable bonds is 1. The minimum Gasteiger partial charge on any atom is -0.469 e. The summed E-state index contributed by atoms with van der Waals surface area (Å²) in [4.78, 5) is 11.0. The van der Waals surface area contributed by atoms with Crippen LogP contribution in [0.5, 0.6) is 0 Å². The van der Waals surface area contributed by atoms with Crippen LogP contribution in [0.2, 0.25) is 0 Å². The molecule has 2 nitrogen and oxygen atoms in total. The second-order valence-corrected chi connectivity index (χ2v) is 2.69. The molecule has 0 saturated carbocycles. The van der Waals surface area contributed by atoms with E-state index in [1.807, 2.05) is 12.2 Å². The van der Waals surface area contributed by atoms with Crippen LogP contribution in [0, 0.1) is 11.8 Å². The summed E-state index contributed by atoms with van der Waals surface area (Å²) in [6.07, 6.45) is 4.96. The van der Waals surface area contributed by atoms with Crippen LogP contribution < -0.4 is 0 Å². The Labute approximate surface area is 60.9 Å². The van der Waals surface area contributed by atoms with Crippen molar-refractivity contribution in [3.05, 3.63) is 12.2 Å². The predicted molar refractivity (Wildman–Crippen MR) is 38.4 cm³/mol. The van der Waals surface area contributed by atoms with Crippen molar-refractivity contribution in [2.75, 3.05) is 7.11 Å². The molecule has 0 aromatic heterocycles. The highest BCUT2D eigenvalue weighted by Gasteiger charge is 2.25. The van der Waals surface area contributed by atoms with Gasteiger partial charge in [-0.15, -0.1) is 0 Å². The molecule has 10 heavy (non-hydrogen) atoms. The van der Waals surface area contributed by atoms with Crippen molar-refractivity contribution in [1.29, 1.82) is 0 Å². The van der Waals surface area contributed by atoms with Gasteiger partial charge in [0.1, 0.15) is 0 Å². The van der Waals surface area contributed by atoms with Gasteiger partial charge in [0.25, 0.3) is 0 Å². The fourth-order valence-corrected chi connectivity index (χ4v) is 1.22. The lowest BCUT2D eigenvalue weighted by atomic mass is 9.98. The molecule has 2 heteroatoms. The van der Waals surface area contributed by atoms with Crippen molar-refractivity contribution in [1.82, 2.24) is 0 Å². The molecule has 2 atom stereocenters. The van der Waals surface area contributed by atoms with Crippen LogP contribution in [0.25, 0.3) is 0 Å². The highest BCUT2D eigenvalue weighted by atomic mass is 16.5. The van der Waals surface area contributed by atoms with Crippen LogP contribution in [-0.2, 0) is 9.53 Å². The van der Waals surface area contributed by atoms with Gasteiger partial charge in [0.05, 0.1) is 13.0 Å². The van der Waals surface area contributed by atoms with Crippen molar-refractivity contribution in [2.45, 2.75) is 13.3 Å². The number of hydrogen-bond acceptors (Lipinski definition) is 2. The Kier molecular flexibility index (Phi) is 2.10. The number of allylic oxidation sites excluding steroid dienone is 1. The van der Waals surface area contributed by atoms with Crippen LogP contribution >= 0.6 is 0 Å². The summed E-state index contributed by atoms with van der Waals surface area (Å²) in [5, 5.41) is 0. The molecule has 0 aromatic rings. The molecular weight excluding hydrogens is 128 g/mol. The minimum absolute atomic E-state index is 0.00463. The van der Waals surface area contributed by atoms with Gasteiger partial charge in [0.15, 0.2) is 0 Å². The number of carbonyl (C=O) groups is 1. The van der Waals surface area contributed by atoms with Gasteiger partial charge in [-0.3, -0.25) is 4.79 Å². The third-order valence-electron chi connectivity index (χ3n) is 1.94. The first-order chi connectivity index (χ1) is 4.75. The number of methoxy groups -OCH3 is 1. The normalized spacial score (nSPS) is 30.6. The van der Waals surface area contributed by atoms with Crippen molar-refractivity contribution >= 4 is 5.97 Å². The average Bonchev–Trinajstić information content (AvgIpc) is 2.34. The van der Waals surface area contributed by atoms with E-state index in [1.165, 1.54) is 7.11 Å². The van der Waals surface area contributed by atoms with E-state index in [9.17, 15) is 4.79 Å². The van der Waals surface area contributed by atoms with E-state index in [1.54, 1.807) is 0 Å². The van der Waals surface area contributed by atoms with Crippen LogP contribution in [0.1, 0.15) is 13.3 Å². The average molecular weight is 140 g/mol. The van der Waals surface area contributed by atoms with Crippen molar-refractivity contribution in [2.24, 2.45) is 11.8 Å². The molecule has 1 aliphatic carbocycles. The van der Waals surface area contributed by atoms with Crippen LogP contribution in [-0.4, -0.2) is 13.1 Å². The largest absolute Gasteiger partial charge is 0.469 e. The summed E-state index contributed by atoms with van der Waals surface area (Å²) in [5.74, 6) is 0.318. The Balaban J connectivity index is 2.55. The van der Waals surface area contributed by atoms with Gasteiger partial charge in [-0.05, 0) is 12.3 Å². The maximum Gasteiger partial charge on any atom is 0.312 e. The molecule has 0 heterocycles. The third-order valence-corrected chi connectivity index (χ3v) is 1.94. The second-order valence-electron chi connectivity index (χ2n) is 2.69. The molecule has 0 aromatic carbocycles. The molecular formula is C8H12O2. The molecule has 0 N–H and O–H groups in total. The standard InChI is InChI=1S/C8H12O2/c1-6-4-3-5-7(6)8(9)10-2/h3,5-7H,4H2,1-2H3/t6-,7+/m1/s1. The Morgan fingerprint density at radius 3 is 2.80 bits per heavy atom. The molecule has 0 fully saturated rings. The van der Waals surface area contributed by atoms with Gasteiger partial charge >= 0.3 is 5.97 Å². The molecule has 0 saturated heterocycles. The summed E-state index contributed by atoms with van der Waals surface area (Å²) in [7, 11) is 1.43. The number of esters is 1. The van der Waals surface area contributed by atoms with Crippen LogP contribution in [0.3, 0.4) is 0 Å². The first kappa shape index (κ1) is 7.32. The second kappa shape index (κ2) is 2.86. The molecule has 0 amide bonds. The molecule has 0 unspecified atom stereocenters. The SMILES string of the molecule is COC(=O)[C@H]1C=CC[C@H]1C. The molecule has 56 valence electrons. The van der Waals surface area contributed by atoms with Gasteiger partial charge < -0.3 is 4.74 Å². The van der Waals surface area contributed by atoms with Gasteiger partial charge in [-0.2, -0.15) is 0 Å². The summed E-state index contributed by atoms with van der Waals surface area (Å²) < 4.78 is 4.61. The van der Waals surface area contributed by atoms with E-state index >= 15 is 0 Å². The quantitative estimate of drug-likeness (QED) is 0.406.